The van der Waals surface area contributed by atoms with Gasteiger partial charge in [0.05, 0.1) is 6.61 Å². The lowest BCUT2D eigenvalue weighted by atomic mass is 10.0. The number of nitrogens with one attached hydrogen (secondary N) is 1. The normalized spacial score (nSPS) is 27.3. The van der Waals surface area contributed by atoms with Gasteiger partial charge in [-0.05, 0) is 46.2 Å². The summed E-state index contributed by atoms with van der Waals surface area (Å²) < 4.78 is 5.40. The second-order valence-corrected chi connectivity index (χ2v) is 5.58. The van der Waals surface area contributed by atoms with Crippen molar-refractivity contribution in [3.05, 3.63) is 11.6 Å². The second kappa shape index (κ2) is 6.53. The third-order valence-electron chi connectivity index (χ3n) is 3.75. The Morgan fingerprint density at radius 3 is 2.59 bits per heavy atom. The van der Waals surface area contributed by atoms with Crippen LogP contribution in [0.1, 0.15) is 33.1 Å². The summed E-state index contributed by atoms with van der Waals surface area (Å²) in [7, 11) is 0. The Bertz CT molecular complexity index is 247. The maximum absolute atomic E-state index is 5.40. The Labute approximate surface area is 105 Å². The van der Waals surface area contributed by atoms with E-state index in [0.717, 1.165) is 19.8 Å². The van der Waals surface area contributed by atoms with Crippen LogP contribution in [0.15, 0.2) is 11.6 Å². The van der Waals surface area contributed by atoms with Gasteiger partial charge in [0.1, 0.15) is 0 Å². The van der Waals surface area contributed by atoms with Crippen molar-refractivity contribution in [2.24, 2.45) is 0 Å². The molecular weight excluding hydrogens is 212 g/mol. The van der Waals surface area contributed by atoms with Crippen LogP contribution in [0.5, 0.6) is 0 Å². The Morgan fingerprint density at radius 2 is 2.00 bits per heavy atom. The van der Waals surface area contributed by atoms with Crippen molar-refractivity contribution < 1.29 is 4.74 Å². The van der Waals surface area contributed by atoms with E-state index in [4.69, 9.17) is 4.74 Å². The molecule has 3 heteroatoms. The maximum atomic E-state index is 5.40. The first-order chi connectivity index (χ1) is 8.24. The van der Waals surface area contributed by atoms with Crippen LogP contribution in [-0.2, 0) is 4.74 Å². The number of ether oxygens (including phenoxy) is 1. The van der Waals surface area contributed by atoms with Crippen molar-refractivity contribution in [3.8, 4) is 0 Å². The summed E-state index contributed by atoms with van der Waals surface area (Å²) in [5, 5.41) is 3.74. The van der Waals surface area contributed by atoms with Gasteiger partial charge in [-0.25, -0.2) is 0 Å². The number of hydrogen-bond acceptors (Lipinski definition) is 3. The standard InChI is InChI=1S/C14H26N2O/c1-12(2)3-7-16-8-4-13(5-9-16)15-14-6-10-17-11-14/h3,13-15H,4-11H2,1-2H3. The van der Waals surface area contributed by atoms with Crippen molar-refractivity contribution in [2.45, 2.75) is 45.2 Å². The first kappa shape index (κ1) is 13.1. The molecule has 2 aliphatic heterocycles. The molecule has 0 aromatic rings. The van der Waals surface area contributed by atoms with Crippen molar-refractivity contribution in [1.82, 2.24) is 10.2 Å². The lowest BCUT2D eigenvalue weighted by molar-refractivity contribution is 0.176. The molecule has 1 atom stereocenters. The summed E-state index contributed by atoms with van der Waals surface area (Å²) in [6, 6.07) is 1.33. The predicted molar refractivity (Wildman–Crippen MR) is 71.3 cm³/mol. The fraction of sp³-hybridized carbons (Fsp3) is 0.857. The number of allylic oxidation sites excluding steroid dienone is 1. The number of hydrogen-bond donors (Lipinski definition) is 1. The van der Waals surface area contributed by atoms with E-state index >= 15 is 0 Å². The Morgan fingerprint density at radius 1 is 1.24 bits per heavy atom. The molecule has 17 heavy (non-hydrogen) atoms. The highest BCUT2D eigenvalue weighted by Gasteiger charge is 2.23. The molecule has 2 aliphatic rings. The van der Waals surface area contributed by atoms with Crippen LogP contribution >= 0.6 is 0 Å². The number of likely N-dealkylation sites (tertiary alicyclic amines) is 1. The molecule has 0 radical (unpaired) electrons. The Hall–Kier alpha value is -0.380. The first-order valence-electron chi connectivity index (χ1n) is 6.93. The monoisotopic (exact) mass is 238 g/mol. The largest absolute Gasteiger partial charge is 0.380 e. The third-order valence-corrected chi connectivity index (χ3v) is 3.75. The molecule has 0 saturated carbocycles. The summed E-state index contributed by atoms with van der Waals surface area (Å²) >= 11 is 0. The molecular formula is C14H26N2O. The van der Waals surface area contributed by atoms with Gasteiger partial charge in [0.25, 0.3) is 0 Å². The van der Waals surface area contributed by atoms with E-state index in [1.54, 1.807) is 0 Å². The number of piperidine rings is 1. The zero-order valence-electron chi connectivity index (χ0n) is 11.2. The highest BCUT2D eigenvalue weighted by Crippen LogP contribution is 2.13. The lowest BCUT2D eigenvalue weighted by Crippen LogP contribution is -2.46. The Balaban J connectivity index is 1.65. The summed E-state index contributed by atoms with van der Waals surface area (Å²) in [6.45, 7) is 9.80. The maximum Gasteiger partial charge on any atom is 0.0620 e. The topological polar surface area (TPSA) is 24.5 Å². The van der Waals surface area contributed by atoms with E-state index < -0.39 is 0 Å². The van der Waals surface area contributed by atoms with Gasteiger partial charge in [-0.3, -0.25) is 4.90 Å². The predicted octanol–water partition coefficient (Wildman–Crippen LogP) is 1.80. The fourth-order valence-corrected chi connectivity index (χ4v) is 2.59. The molecule has 3 nitrogen and oxygen atoms in total. The SMILES string of the molecule is CC(C)=CCN1CCC(NC2CCOC2)CC1. The molecule has 2 fully saturated rings. The average molecular weight is 238 g/mol. The van der Waals surface area contributed by atoms with Crippen molar-refractivity contribution >= 4 is 0 Å². The van der Waals surface area contributed by atoms with Crippen LogP contribution in [0.2, 0.25) is 0 Å². The van der Waals surface area contributed by atoms with Crippen LogP contribution in [0.3, 0.4) is 0 Å². The minimum atomic E-state index is 0.615. The van der Waals surface area contributed by atoms with Crippen molar-refractivity contribution in [2.75, 3.05) is 32.8 Å². The molecule has 0 amide bonds. The summed E-state index contributed by atoms with van der Waals surface area (Å²) in [4.78, 5) is 2.55. The van der Waals surface area contributed by atoms with Crippen LogP contribution in [0.25, 0.3) is 0 Å². The van der Waals surface area contributed by atoms with E-state index in [2.05, 4.69) is 30.1 Å². The smallest absolute Gasteiger partial charge is 0.0620 e. The third kappa shape index (κ3) is 4.41. The minimum Gasteiger partial charge on any atom is -0.380 e. The van der Waals surface area contributed by atoms with E-state index in [1.165, 1.54) is 37.9 Å². The van der Waals surface area contributed by atoms with Gasteiger partial charge in [-0.1, -0.05) is 11.6 Å². The number of nitrogens with zero attached hydrogens (tertiary/aromatic N) is 1. The molecule has 0 bridgehead atoms. The van der Waals surface area contributed by atoms with E-state index in [0.29, 0.717) is 12.1 Å². The quantitative estimate of drug-likeness (QED) is 0.756. The van der Waals surface area contributed by atoms with Gasteiger partial charge in [-0.2, -0.15) is 0 Å². The summed E-state index contributed by atoms with van der Waals surface area (Å²) in [5.41, 5.74) is 1.42. The van der Waals surface area contributed by atoms with Crippen molar-refractivity contribution in [3.63, 3.8) is 0 Å². The minimum absolute atomic E-state index is 0.615. The summed E-state index contributed by atoms with van der Waals surface area (Å²) in [5.74, 6) is 0. The van der Waals surface area contributed by atoms with Crippen LogP contribution in [-0.4, -0.2) is 49.8 Å². The number of rotatable bonds is 4. The van der Waals surface area contributed by atoms with Gasteiger partial charge in [0, 0.05) is 25.2 Å². The zero-order valence-corrected chi connectivity index (χ0v) is 11.2. The molecule has 98 valence electrons. The highest BCUT2D eigenvalue weighted by atomic mass is 16.5. The average Bonchev–Trinajstić information content (AvgIpc) is 2.81. The van der Waals surface area contributed by atoms with Crippen LogP contribution in [0, 0.1) is 0 Å². The van der Waals surface area contributed by atoms with Crippen LogP contribution < -0.4 is 5.32 Å². The molecule has 0 spiro atoms. The van der Waals surface area contributed by atoms with Gasteiger partial charge < -0.3 is 10.1 Å². The zero-order chi connectivity index (χ0) is 12.1. The van der Waals surface area contributed by atoms with Crippen LogP contribution in [0.4, 0.5) is 0 Å². The van der Waals surface area contributed by atoms with E-state index in [-0.39, 0.29) is 0 Å². The molecule has 2 heterocycles. The molecule has 0 aromatic carbocycles. The highest BCUT2D eigenvalue weighted by molar-refractivity contribution is 4.95. The fourth-order valence-electron chi connectivity index (χ4n) is 2.59. The molecule has 2 saturated heterocycles. The van der Waals surface area contributed by atoms with E-state index in [1.807, 2.05) is 0 Å². The molecule has 2 rings (SSSR count). The molecule has 1 N–H and O–H groups in total. The summed E-state index contributed by atoms with van der Waals surface area (Å²) in [6.07, 6.45) is 6.09. The molecule has 1 unspecified atom stereocenters. The lowest BCUT2D eigenvalue weighted by Gasteiger charge is -2.33. The van der Waals surface area contributed by atoms with Gasteiger partial charge in [0.15, 0.2) is 0 Å². The van der Waals surface area contributed by atoms with Gasteiger partial charge >= 0.3 is 0 Å². The Kier molecular flexibility index (Phi) is 5.01. The van der Waals surface area contributed by atoms with Crippen molar-refractivity contribution in [1.29, 1.82) is 0 Å². The first-order valence-corrected chi connectivity index (χ1v) is 6.93. The molecule has 0 aliphatic carbocycles. The second-order valence-electron chi connectivity index (χ2n) is 5.58. The van der Waals surface area contributed by atoms with Gasteiger partial charge in [-0.15, -0.1) is 0 Å². The molecule has 0 aromatic heterocycles. The van der Waals surface area contributed by atoms with Gasteiger partial charge in [0.2, 0.25) is 0 Å². The van der Waals surface area contributed by atoms with E-state index in [9.17, 15) is 0 Å².